The number of aryl methyl sites for hydroxylation is 2. The van der Waals surface area contributed by atoms with Crippen LogP contribution in [0.4, 0.5) is 5.69 Å². The molecule has 0 aliphatic rings. The van der Waals surface area contributed by atoms with Gasteiger partial charge < -0.3 is 24.1 Å². The van der Waals surface area contributed by atoms with Crippen molar-refractivity contribution in [3.8, 4) is 11.5 Å². The Balaban J connectivity index is 1.54. The van der Waals surface area contributed by atoms with Crippen LogP contribution in [0, 0.1) is 13.8 Å². The van der Waals surface area contributed by atoms with Crippen LogP contribution in [0.2, 0.25) is 0 Å². The number of esters is 1. The number of hydrogen-bond donors (Lipinski definition) is 1. The van der Waals surface area contributed by atoms with Crippen LogP contribution < -0.4 is 14.8 Å². The van der Waals surface area contributed by atoms with E-state index in [0.29, 0.717) is 34.2 Å². The van der Waals surface area contributed by atoms with Crippen molar-refractivity contribution in [2.24, 2.45) is 0 Å². The van der Waals surface area contributed by atoms with Gasteiger partial charge in [-0.05, 0) is 50.2 Å². The van der Waals surface area contributed by atoms with Gasteiger partial charge in [0.15, 0.2) is 0 Å². The van der Waals surface area contributed by atoms with Gasteiger partial charge in [-0.3, -0.25) is 4.79 Å². The minimum Gasteiger partial charge on any atom is -0.497 e. The van der Waals surface area contributed by atoms with E-state index in [9.17, 15) is 9.59 Å². The molecule has 0 spiro atoms. The van der Waals surface area contributed by atoms with Gasteiger partial charge in [-0.25, -0.2) is 4.79 Å². The van der Waals surface area contributed by atoms with Crippen LogP contribution in [0.15, 0.2) is 83.4 Å². The zero-order valence-electron chi connectivity index (χ0n) is 20.2. The minimum absolute atomic E-state index is 0.172. The smallest absolute Gasteiger partial charge is 0.343 e. The standard InChI is InChI=1S/C28H26N2O6/c1-18-24(19(2)36-30-18)17-34-25-12-8-7-11-23(25)28(32)35-26(20-9-5-4-6-10-20)27(31)29-21-13-15-22(33-3)16-14-21/h4-16,26H,17H2,1-3H3,(H,29,31). The SMILES string of the molecule is COc1ccc(NC(=O)C(OC(=O)c2ccccc2OCc2c(C)noc2C)c2ccccc2)cc1. The summed E-state index contributed by atoms with van der Waals surface area (Å²) in [6.07, 6.45) is -1.18. The molecule has 4 aromatic rings. The van der Waals surface area contributed by atoms with E-state index in [4.69, 9.17) is 18.7 Å². The summed E-state index contributed by atoms with van der Waals surface area (Å²) in [7, 11) is 1.56. The molecule has 0 aliphatic heterocycles. The van der Waals surface area contributed by atoms with Crippen LogP contribution in [0.3, 0.4) is 0 Å². The normalized spacial score (nSPS) is 11.4. The molecule has 1 N–H and O–H groups in total. The van der Waals surface area contributed by atoms with Gasteiger partial charge in [0.05, 0.1) is 18.4 Å². The van der Waals surface area contributed by atoms with Crippen molar-refractivity contribution in [3.05, 3.63) is 107 Å². The lowest BCUT2D eigenvalue weighted by Gasteiger charge is -2.19. The van der Waals surface area contributed by atoms with Crippen LogP contribution in [-0.2, 0) is 16.1 Å². The van der Waals surface area contributed by atoms with Crippen LogP contribution in [-0.4, -0.2) is 24.1 Å². The molecule has 184 valence electrons. The Morgan fingerprint density at radius 2 is 1.64 bits per heavy atom. The molecule has 0 saturated carbocycles. The number of amides is 1. The first-order valence-corrected chi connectivity index (χ1v) is 11.3. The molecule has 0 bridgehead atoms. The van der Waals surface area contributed by atoms with E-state index in [-0.39, 0.29) is 12.2 Å². The number of nitrogens with one attached hydrogen (secondary N) is 1. The maximum atomic E-state index is 13.3. The molecular weight excluding hydrogens is 460 g/mol. The Morgan fingerprint density at radius 3 is 2.31 bits per heavy atom. The second-order valence-corrected chi connectivity index (χ2v) is 8.00. The van der Waals surface area contributed by atoms with Gasteiger partial charge in [0.2, 0.25) is 6.10 Å². The number of methoxy groups -OCH3 is 1. The lowest BCUT2D eigenvalue weighted by molar-refractivity contribution is -0.125. The van der Waals surface area contributed by atoms with Crippen molar-refractivity contribution in [1.82, 2.24) is 5.16 Å². The highest BCUT2D eigenvalue weighted by Crippen LogP contribution is 2.27. The number of ether oxygens (including phenoxy) is 3. The highest BCUT2D eigenvalue weighted by molar-refractivity contribution is 5.99. The number of anilines is 1. The molecule has 1 amide bonds. The number of nitrogens with zero attached hydrogens (tertiary/aromatic N) is 1. The van der Waals surface area contributed by atoms with Gasteiger partial charge in [0.25, 0.3) is 5.91 Å². The molecule has 1 heterocycles. The third-order valence-electron chi connectivity index (χ3n) is 5.58. The van der Waals surface area contributed by atoms with E-state index in [1.54, 1.807) is 86.8 Å². The zero-order valence-corrected chi connectivity index (χ0v) is 20.2. The number of carbonyl (C=O) groups excluding carboxylic acids is 2. The lowest BCUT2D eigenvalue weighted by atomic mass is 10.1. The molecular formula is C28H26N2O6. The number of aromatic nitrogens is 1. The maximum Gasteiger partial charge on any atom is 0.343 e. The molecule has 0 saturated heterocycles. The highest BCUT2D eigenvalue weighted by Gasteiger charge is 2.27. The van der Waals surface area contributed by atoms with E-state index in [1.807, 2.05) is 13.0 Å². The second kappa shape index (κ2) is 11.2. The summed E-state index contributed by atoms with van der Waals surface area (Å²) >= 11 is 0. The Labute approximate surface area is 208 Å². The van der Waals surface area contributed by atoms with Gasteiger partial charge in [0, 0.05) is 11.3 Å². The van der Waals surface area contributed by atoms with E-state index < -0.39 is 18.0 Å². The summed E-state index contributed by atoms with van der Waals surface area (Å²) in [4.78, 5) is 26.5. The Bertz CT molecular complexity index is 1310. The largest absolute Gasteiger partial charge is 0.497 e. The first kappa shape index (κ1) is 24.5. The molecule has 1 aromatic heterocycles. The van der Waals surface area contributed by atoms with Crippen LogP contribution in [0.1, 0.15) is 39.0 Å². The minimum atomic E-state index is -1.18. The molecule has 0 radical (unpaired) electrons. The number of carbonyl (C=O) groups is 2. The average molecular weight is 487 g/mol. The zero-order chi connectivity index (χ0) is 25.5. The summed E-state index contributed by atoms with van der Waals surface area (Å²) in [6.45, 7) is 3.79. The molecule has 8 heteroatoms. The summed E-state index contributed by atoms with van der Waals surface area (Å²) in [5.41, 5.74) is 2.79. The predicted molar refractivity (Wildman–Crippen MR) is 133 cm³/mol. The molecule has 0 fully saturated rings. The van der Waals surface area contributed by atoms with Crippen molar-refractivity contribution in [3.63, 3.8) is 0 Å². The molecule has 8 nitrogen and oxygen atoms in total. The van der Waals surface area contributed by atoms with E-state index in [2.05, 4.69) is 10.5 Å². The predicted octanol–water partition coefficient (Wildman–Crippen LogP) is 5.42. The van der Waals surface area contributed by atoms with Crippen LogP contribution in [0.25, 0.3) is 0 Å². The van der Waals surface area contributed by atoms with Crippen LogP contribution in [0.5, 0.6) is 11.5 Å². The quantitative estimate of drug-likeness (QED) is 0.316. The average Bonchev–Trinajstić information content (AvgIpc) is 3.23. The Hall–Kier alpha value is -4.59. The van der Waals surface area contributed by atoms with Gasteiger partial charge in [-0.1, -0.05) is 47.6 Å². The van der Waals surface area contributed by atoms with Gasteiger partial charge >= 0.3 is 5.97 Å². The number of rotatable bonds is 9. The van der Waals surface area contributed by atoms with E-state index in [0.717, 1.165) is 5.56 Å². The fourth-order valence-electron chi connectivity index (χ4n) is 3.57. The molecule has 1 atom stereocenters. The topological polar surface area (TPSA) is 99.9 Å². The van der Waals surface area contributed by atoms with E-state index >= 15 is 0 Å². The van der Waals surface area contributed by atoms with Crippen molar-refractivity contribution in [2.75, 3.05) is 12.4 Å². The third kappa shape index (κ3) is 5.72. The van der Waals surface area contributed by atoms with Crippen LogP contribution >= 0.6 is 0 Å². The van der Waals surface area contributed by atoms with Crippen molar-refractivity contribution in [1.29, 1.82) is 0 Å². The van der Waals surface area contributed by atoms with Gasteiger partial charge in [-0.2, -0.15) is 0 Å². The number of para-hydroxylation sites is 1. The van der Waals surface area contributed by atoms with Crippen molar-refractivity contribution < 1.29 is 28.3 Å². The fraction of sp³-hybridized carbons (Fsp3) is 0.179. The molecule has 36 heavy (non-hydrogen) atoms. The van der Waals surface area contributed by atoms with E-state index in [1.165, 1.54) is 0 Å². The van der Waals surface area contributed by atoms with Crippen molar-refractivity contribution >= 4 is 17.6 Å². The first-order valence-electron chi connectivity index (χ1n) is 11.3. The summed E-state index contributed by atoms with van der Waals surface area (Å²) in [6, 6.07) is 22.4. The number of benzene rings is 3. The lowest BCUT2D eigenvalue weighted by Crippen LogP contribution is -2.26. The summed E-state index contributed by atoms with van der Waals surface area (Å²) < 4.78 is 22.0. The van der Waals surface area contributed by atoms with Gasteiger partial charge in [0.1, 0.15) is 29.4 Å². The first-order chi connectivity index (χ1) is 17.5. The van der Waals surface area contributed by atoms with Crippen molar-refractivity contribution in [2.45, 2.75) is 26.6 Å². The van der Waals surface area contributed by atoms with Gasteiger partial charge in [-0.15, -0.1) is 0 Å². The summed E-state index contributed by atoms with van der Waals surface area (Å²) in [5, 5.41) is 6.72. The molecule has 4 rings (SSSR count). The summed E-state index contributed by atoms with van der Waals surface area (Å²) in [5.74, 6) is 0.445. The Morgan fingerprint density at radius 1 is 0.944 bits per heavy atom. The highest BCUT2D eigenvalue weighted by atomic mass is 16.6. The Kier molecular flexibility index (Phi) is 7.65. The second-order valence-electron chi connectivity index (χ2n) is 8.00. The third-order valence-corrected chi connectivity index (χ3v) is 5.58. The molecule has 1 unspecified atom stereocenters. The maximum absolute atomic E-state index is 13.3. The molecule has 3 aromatic carbocycles. The monoisotopic (exact) mass is 486 g/mol. The molecule has 0 aliphatic carbocycles. The number of hydrogen-bond acceptors (Lipinski definition) is 7. The fourth-order valence-corrected chi connectivity index (χ4v) is 3.57.